The highest BCUT2D eigenvalue weighted by molar-refractivity contribution is 4.81. The maximum absolute atomic E-state index is 10.0. The van der Waals surface area contributed by atoms with E-state index in [0.717, 1.165) is 32.0 Å². The molecule has 1 aliphatic heterocycles. The van der Waals surface area contributed by atoms with E-state index in [1.807, 2.05) is 0 Å². The van der Waals surface area contributed by atoms with Crippen molar-refractivity contribution in [2.45, 2.75) is 51.2 Å². The summed E-state index contributed by atoms with van der Waals surface area (Å²) in [6.07, 6.45) is 6.11. The van der Waals surface area contributed by atoms with E-state index in [0.29, 0.717) is 12.0 Å². The molecule has 0 aromatic carbocycles. The number of hydrogen-bond donors (Lipinski definition) is 1. The Morgan fingerprint density at radius 3 is 2.76 bits per heavy atom. The second-order valence-electron chi connectivity index (χ2n) is 6.10. The van der Waals surface area contributed by atoms with Gasteiger partial charge in [0.2, 0.25) is 0 Å². The molecule has 1 heterocycles. The molecule has 1 saturated heterocycles. The molecule has 1 aliphatic carbocycles. The Morgan fingerprint density at radius 2 is 2.06 bits per heavy atom. The predicted octanol–water partition coefficient (Wildman–Crippen LogP) is 1.89. The van der Waals surface area contributed by atoms with E-state index in [-0.39, 0.29) is 6.10 Å². The van der Waals surface area contributed by atoms with Crippen LogP contribution in [0.5, 0.6) is 0 Å². The zero-order valence-electron chi connectivity index (χ0n) is 11.3. The molecule has 1 saturated carbocycles. The van der Waals surface area contributed by atoms with Gasteiger partial charge in [-0.25, -0.2) is 0 Å². The number of likely N-dealkylation sites (N-methyl/N-ethyl adjacent to an activating group) is 1. The summed E-state index contributed by atoms with van der Waals surface area (Å²) >= 11 is 0. The van der Waals surface area contributed by atoms with Crippen molar-refractivity contribution in [1.82, 2.24) is 4.90 Å². The van der Waals surface area contributed by atoms with Crippen LogP contribution >= 0.6 is 0 Å². The SMILES string of the molecule is CC1CCC(O)C(CN(C)CC2CCCO2)C1. The zero-order chi connectivity index (χ0) is 12.3. The monoisotopic (exact) mass is 241 g/mol. The van der Waals surface area contributed by atoms with Crippen LogP contribution in [0, 0.1) is 11.8 Å². The highest BCUT2D eigenvalue weighted by Crippen LogP contribution is 2.29. The quantitative estimate of drug-likeness (QED) is 0.816. The van der Waals surface area contributed by atoms with Crippen LogP contribution < -0.4 is 0 Å². The lowest BCUT2D eigenvalue weighted by atomic mass is 9.80. The van der Waals surface area contributed by atoms with Gasteiger partial charge in [-0.2, -0.15) is 0 Å². The summed E-state index contributed by atoms with van der Waals surface area (Å²) < 4.78 is 5.66. The van der Waals surface area contributed by atoms with Crippen LogP contribution in [0.15, 0.2) is 0 Å². The Hall–Kier alpha value is -0.120. The van der Waals surface area contributed by atoms with Crippen LogP contribution in [0.4, 0.5) is 0 Å². The molecule has 0 aromatic rings. The first-order valence-electron chi connectivity index (χ1n) is 7.13. The van der Waals surface area contributed by atoms with E-state index >= 15 is 0 Å². The molecule has 0 aromatic heterocycles. The van der Waals surface area contributed by atoms with Gasteiger partial charge in [0.1, 0.15) is 0 Å². The number of ether oxygens (including phenoxy) is 1. The van der Waals surface area contributed by atoms with Crippen molar-refractivity contribution in [2.75, 3.05) is 26.7 Å². The Kier molecular flexibility index (Phi) is 4.83. The normalized spacial score (nSPS) is 38.8. The minimum Gasteiger partial charge on any atom is -0.393 e. The van der Waals surface area contributed by atoms with Crippen LogP contribution in [0.2, 0.25) is 0 Å². The minimum absolute atomic E-state index is 0.0850. The van der Waals surface area contributed by atoms with E-state index in [9.17, 15) is 5.11 Å². The molecule has 100 valence electrons. The molecular weight excluding hydrogens is 214 g/mol. The molecule has 4 unspecified atom stereocenters. The predicted molar refractivity (Wildman–Crippen MR) is 69.0 cm³/mol. The number of aliphatic hydroxyl groups is 1. The lowest BCUT2D eigenvalue weighted by molar-refractivity contribution is 0.0217. The Bertz CT molecular complexity index is 228. The average molecular weight is 241 g/mol. The van der Waals surface area contributed by atoms with Gasteiger partial charge in [-0.15, -0.1) is 0 Å². The highest BCUT2D eigenvalue weighted by Gasteiger charge is 2.28. The van der Waals surface area contributed by atoms with Gasteiger partial charge in [-0.3, -0.25) is 0 Å². The summed E-state index contributed by atoms with van der Waals surface area (Å²) in [5, 5.41) is 10.0. The number of aliphatic hydroxyl groups excluding tert-OH is 1. The summed E-state index contributed by atoms with van der Waals surface area (Å²) in [6, 6.07) is 0. The van der Waals surface area contributed by atoms with Gasteiger partial charge in [0.25, 0.3) is 0 Å². The van der Waals surface area contributed by atoms with Gasteiger partial charge < -0.3 is 14.7 Å². The Balaban J connectivity index is 1.74. The second kappa shape index (κ2) is 6.17. The molecule has 4 atom stereocenters. The van der Waals surface area contributed by atoms with Gasteiger partial charge in [0.05, 0.1) is 12.2 Å². The molecule has 0 spiro atoms. The number of nitrogens with zero attached hydrogens (tertiary/aromatic N) is 1. The number of rotatable bonds is 4. The third kappa shape index (κ3) is 3.94. The molecule has 0 amide bonds. The molecule has 3 heteroatoms. The lowest BCUT2D eigenvalue weighted by Gasteiger charge is -2.34. The van der Waals surface area contributed by atoms with Gasteiger partial charge in [-0.1, -0.05) is 6.92 Å². The van der Waals surface area contributed by atoms with Crippen LogP contribution in [0.25, 0.3) is 0 Å². The Labute approximate surface area is 105 Å². The zero-order valence-corrected chi connectivity index (χ0v) is 11.3. The molecule has 2 rings (SSSR count). The molecule has 17 heavy (non-hydrogen) atoms. The van der Waals surface area contributed by atoms with Crippen molar-refractivity contribution in [3.8, 4) is 0 Å². The van der Waals surface area contributed by atoms with Crippen molar-refractivity contribution in [1.29, 1.82) is 0 Å². The van der Waals surface area contributed by atoms with E-state index in [2.05, 4.69) is 18.9 Å². The van der Waals surface area contributed by atoms with Crippen LogP contribution in [-0.2, 0) is 4.74 Å². The summed E-state index contributed by atoms with van der Waals surface area (Å²) in [4.78, 5) is 2.35. The first-order chi connectivity index (χ1) is 8.15. The third-order valence-corrected chi connectivity index (χ3v) is 4.29. The fraction of sp³-hybridized carbons (Fsp3) is 1.00. The van der Waals surface area contributed by atoms with Crippen LogP contribution in [0.1, 0.15) is 39.0 Å². The average Bonchev–Trinajstić information content (AvgIpc) is 2.76. The molecule has 2 aliphatic rings. The molecule has 3 nitrogen and oxygen atoms in total. The standard InChI is InChI=1S/C14H27NO2/c1-11-5-6-14(16)12(8-11)9-15(2)10-13-4-3-7-17-13/h11-14,16H,3-10H2,1-2H3. The first-order valence-corrected chi connectivity index (χ1v) is 7.13. The highest BCUT2D eigenvalue weighted by atomic mass is 16.5. The van der Waals surface area contributed by atoms with E-state index in [1.165, 1.54) is 25.7 Å². The molecule has 0 radical (unpaired) electrons. The van der Waals surface area contributed by atoms with E-state index < -0.39 is 0 Å². The summed E-state index contributed by atoms with van der Waals surface area (Å²) in [5.41, 5.74) is 0. The molecule has 2 fully saturated rings. The van der Waals surface area contributed by atoms with Gasteiger partial charge in [-0.05, 0) is 51.0 Å². The van der Waals surface area contributed by atoms with Gasteiger partial charge in [0, 0.05) is 19.7 Å². The summed E-state index contributed by atoms with van der Waals surface area (Å²) in [5.74, 6) is 1.24. The van der Waals surface area contributed by atoms with E-state index in [4.69, 9.17) is 4.74 Å². The summed E-state index contributed by atoms with van der Waals surface area (Å²) in [6.45, 7) is 5.28. The van der Waals surface area contributed by atoms with Crippen molar-refractivity contribution in [2.24, 2.45) is 11.8 Å². The van der Waals surface area contributed by atoms with Gasteiger partial charge in [0.15, 0.2) is 0 Å². The topological polar surface area (TPSA) is 32.7 Å². The molecule has 0 bridgehead atoms. The third-order valence-electron chi connectivity index (χ3n) is 4.29. The maximum atomic E-state index is 10.0. The van der Waals surface area contributed by atoms with Crippen LogP contribution in [0.3, 0.4) is 0 Å². The lowest BCUT2D eigenvalue weighted by Crippen LogP contribution is -2.39. The van der Waals surface area contributed by atoms with E-state index in [1.54, 1.807) is 0 Å². The molecule has 1 N–H and O–H groups in total. The maximum Gasteiger partial charge on any atom is 0.0702 e. The fourth-order valence-electron chi connectivity index (χ4n) is 3.29. The Morgan fingerprint density at radius 1 is 1.24 bits per heavy atom. The largest absolute Gasteiger partial charge is 0.393 e. The summed E-state index contributed by atoms with van der Waals surface area (Å²) in [7, 11) is 2.16. The first kappa shape index (κ1) is 13.3. The van der Waals surface area contributed by atoms with Crippen molar-refractivity contribution in [3.05, 3.63) is 0 Å². The number of hydrogen-bond acceptors (Lipinski definition) is 3. The molecular formula is C14H27NO2. The van der Waals surface area contributed by atoms with Crippen molar-refractivity contribution in [3.63, 3.8) is 0 Å². The van der Waals surface area contributed by atoms with Crippen molar-refractivity contribution >= 4 is 0 Å². The fourth-order valence-corrected chi connectivity index (χ4v) is 3.29. The minimum atomic E-state index is -0.0850. The van der Waals surface area contributed by atoms with Gasteiger partial charge >= 0.3 is 0 Å². The smallest absolute Gasteiger partial charge is 0.0702 e. The van der Waals surface area contributed by atoms with Crippen LogP contribution in [-0.4, -0.2) is 49.0 Å². The second-order valence-corrected chi connectivity index (χ2v) is 6.10. The van der Waals surface area contributed by atoms with Crippen molar-refractivity contribution < 1.29 is 9.84 Å².